The number of piperidine rings is 1. The normalized spacial score (nSPS) is 22.3. The van der Waals surface area contributed by atoms with Crippen LogP contribution < -0.4 is 10.5 Å². The van der Waals surface area contributed by atoms with Gasteiger partial charge in [0.05, 0.1) is 12.0 Å². The van der Waals surface area contributed by atoms with Crippen molar-refractivity contribution in [2.45, 2.75) is 12.5 Å². The van der Waals surface area contributed by atoms with E-state index in [9.17, 15) is 13.6 Å². The van der Waals surface area contributed by atoms with E-state index in [1.165, 1.54) is 17.0 Å². The lowest BCUT2D eigenvalue weighted by Gasteiger charge is -2.22. The third-order valence-corrected chi connectivity index (χ3v) is 6.25. The second kappa shape index (κ2) is 6.43. The Hall–Kier alpha value is -3.63. The number of rotatable bonds is 4. The maximum absolute atomic E-state index is 14.1. The van der Waals surface area contributed by atoms with Gasteiger partial charge in [-0.05, 0) is 24.0 Å². The summed E-state index contributed by atoms with van der Waals surface area (Å²) in [6.07, 6.45) is 2.96. The highest BCUT2D eigenvalue weighted by Crippen LogP contribution is 2.58. The molecule has 4 aromatic rings. The van der Waals surface area contributed by atoms with Gasteiger partial charge in [-0.15, -0.1) is 0 Å². The van der Waals surface area contributed by atoms with Crippen LogP contribution in [0.25, 0.3) is 11.2 Å². The van der Waals surface area contributed by atoms with E-state index in [-0.39, 0.29) is 35.5 Å². The number of anilines is 1. The number of benzene rings is 1. The fourth-order valence-corrected chi connectivity index (χ4v) is 4.64. The molecule has 2 fully saturated rings. The monoisotopic (exact) mass is 425 g/mol. The molecule has 31 heavy (non-hydrogen) atoms. The molecule has 4 heterocycles. The van der Waals surface area contributed by atoms with Crippen LogP contribution in [0.2, 0.25) is 0 Å². The zero-order valence-corrected chi connectivity index (χ0v) is 16.4. The molecule has 0 amide bonds. The van der Waals surface area contributed by atoms with Crippen molar-refractivity contribution in [3.63, 3.8) is 0 Å². The van der Waals surface area contributed by atoms with E-state index in [2.05, 4.69) is 20.1 Å². The van der Waals surface area contributed by atoms with Gasteiger partial charge in [-0.2, -0.15) is 4.98 Å². The molecule has 1 aromatic carbocycles. The number of imidazole rings is 1. The molecule has 0 unspecified atom stereocenters. The summed E-state index contributed by atoms with van der Waals surface area (Å²) in [4.78, 5) is 27.3. The maximum Gasteiger partial charge on any atom is 0.280 e. The van der Waals surface area contributed by atoms with Crippen molar-refractivity contribution in [3.8, 4) is 0 Å². The van der Waals surface area contributed by atoms with Gasteiger partial charge in [-0.1, -0.05) is 11.2 Å². The van der Waals surface area contributed by atoms with Crippen molar-refractivity contribution < 1.29 is 13.3 Å². The van der Waals surface area contributed by atoms with Gasteiger partial charge in [0.25, 0.3) is 5.56 Å². The first-order valence-corrected chi connectivity index (χ1v) is 9.89. The molecule has 3 aromatic heterocycles. The number of aryl methyl sites for hydroxylation is 1. The first-order valence-electron chi connectivity index (χ1n) is 9.89. The smallest absolute Gasteiger partial charge is 0.280 e. The van der Waals surface area contributed by atoms with E-state index in [1.54, 1.807) is 24.0 Å². The maximum atomic E-state index is 14.1. The minimum Gasteiger partial charge on any atom is -0.368 e. The van der Waals surface area contributed by atoms with Gasteiger partial charge in [0, 0.05) is 26.1 Å². The van der Waals surface area contributed by atoms with Crippen LogP contribution in [0.3, 0.4) is 0 Å². The van der Waals surface area contributed by atoms with E-state index in [0.29, 0.717) is 36.0 Å². The van der Waals surface area contributed by atoms with Crippen LogP contribution in [0.15, 0.2) is 40.2 Å². The molecule has 3 atom stereocenters. The van der Waals surface area contributed by atoms with Crippen molar-refractivity contribution in [1.29, 1.82) is 0 Å². The van der Waals surface area contributed by atoms with Crippen molar-refractivity contribution in [2.24, 2.45) is 18.9 Å². The van der Waals surface area contributed by atoms with E-state index >= 15 is 0 Å². The number of hydrogen-bond donors (Lipinski definition) is 0. The van der Waals surface area contributed by atoms with E-state index in [1.807, 2.05) is 4.90 Å². The molecule has 158 valence electrons. The number of hydrogen-bond acceptors (Lipinski definition) is 7. The van der Waals surface area contributed by atoms with Crippen molar-refractivity contribution in [1.82, 2.24) is 29.2 Å². The Labute approximate surface area is 173 Å². The summed E-state index contributed by atoms with van der Waals surface area (Å²) >= 11 is 0. The minimum atomic E-state index is -0.841. The number of aromatic nitrogens is 6. The summed E-state index contributed by atoms with van der Waals surface area (Å²) in [5.74, 6) is -0.0881. The van der Waals surface area contributed by atoms with Gasteiger partial charge in [-0.3, -0.25) is 9.36 Å². The van der Waals surface area contributed by atoms with Crippen molar-refractivity contribution in [3.05, 3.63) is 64.6 Å². The molecule has 0 N–H and O–H groups in total. The molecule has 6 rings (SSSR count). The van der Waals surface area contributed by atoms with E-state index < -0.39 is 11.6 Å². The van der Waals surface area contributed by atoms with Crippen LogP contribution >= 0.6 is 0 Å². The molecule has 0 spiro atoms. The Morgan fingerprint density at radius 1 is 1.16 bits per heavy atom. The summed E-state index contributed by atoms with van der Waals surface area (Å²) in [6, 6.07) is 4.22. The molecular formula is C20H17F2N7O2. The fourth-order valence-electron chi connectivity index (χ4n) is 4.64. The lowest BCUT2D eigenvalue weighted by molar-refractivity contribution is 0.363. The van der Waals surface area contributed by atoms with Gasteiger partial charge in [0.2, 0.25) is 5.89 Å². The number of fused-ring (bicyclic) bond motifs is 2. The van der Waals surface area contributed by atoms with Crippen LogP contribution in [0, 0.1) is 23.5 Å². The van der Waals surface area contributed by atoms with Gasteiger partial charge < -0.3 is 14.0 Å². The Morgan fingerprint density at radius 3 is 2.74 bits per heavy atom. The molecule has 1 saturated heterocycles. The van der Waals surface area contributed by atoms with Crippen LogP contribution in [0.1, 0.15) is 17.6 Å². The third-order valence-electron chi connectivity index (χ3n) is 6.25. The highest BCUT2D eigenvalue weighted by atomic mass is 19.2. The van der Waals surface area contributed by atoms with Crippen molar-refractivity contribution in [2.75, 3.05) is 18.0 Å². The summed E-state index contributed by atoms with van der Waals surface area (Å²) in [5, 5.41) is 4.09. The number of halogens is 2. The summed E-state index contributed by atoms with van der Waals surface area (Å²) in [5.41, 5.74) is 0.849. The summed E-state index contributed by atoms with van der Waals surface area (Å²) in [6.45, 7) is 1.34. The molecule has 2 aliphatic rings. The quantitative estimate of drug-likeness (QED) is 0.491. The van der Waals surface area contributed by atoms with Gasteiger partial charge in [0.15, 0.2) is 28.6 Å². The Morgan fingerprint density at radius 2 is 1.94 bits per heavy atom. The predicted molar refractivity (Wildman–Crippen MR) is 104 cm³/mol. The van der Waals surface area contributed by atoms with Crippen LogP contribution in [0.5, 0.6) is 0 Å². The van der Waals surface area contributed by atoms with Gasteiger partial charge >= 0.3 is 0 Å². The van der Waals surface area contributed by atoms with Crippen LogP contribution in [0.4, 0.5) is 14.5 Å². The topological polar surface area (TPSA) is 94.9 Å². The summed E-state index contributed by atoms with van der Waals surface area (Å²) < 4.78 is 36.0. The SMILES string of the molecule is Cn1cnc2ncn(Cc3nc([C@H]4[C@@H]5CN(c6cccc(F)c6F)C[C@@H]54)no3)c(=O)c21. The molecular weight excluding hydrogens is 408 g/mol. The molecule has 9 nitrogen and oxygen atoms in total. The third kappa shape index (κ3) is 2.76. The zero-order valence-electron chi connectivity index (χ0n) is 16.4. The molecule has 0 bridgehead atoms. The Kier molecular flexibility index (Phi) is 3.77. The lowest BCUT2D eigenvalue weighted by atomic mass is 10.2. The second-order valence-corrected chi connectivity index (χ2v) is 8.08. The average Bonchev–Trinajstić information content (AvgIpc) is 3.18. The first kappa shape index (κ1) is 18.2. The fraction of sp³-hybridized carbons (Fsp3) is 0.350. The second-order valence-electron chi connectivity index (χ2n) is 8.08. The molecule has 1 saturated carbocycles. The highest BCUT2D eigenvalue weighted by Gasteiger charge is 2.58. The summed E-state index contributed by atoms with van der Waals surface area (Å²) in [7, 11) is 1.73. The lowest BCUT2D eigenvalue weighted by Crippen LogP contribution is -2.25. The average molecular weight is 425 g/mol. The van der Waals surface area contributed by atoms with Gasteiger partial charge in [0.1, 0.15) is 12.9 Å². The molecule has 11 heteroatoms. The zero-order chi connectivity index (χ0) is 21.3. The standard InChI is InChI=1S/C20H17F2N7O2/c1-27-8-23-19-17(27)20(30)29(9-24-19)7-14-25-18(26-31-14)15-10-5-28(6-11(10)15)13-4-2-3-12(21)16(13)22/h2-4,8-11,15H,5-7H2,1H3/t10-,11+,15+. The minimum absolute atomic E-state index is 0.114. The molecule has 0 radical (unpaired) electrons. The van der Waals surface area contributed by atoms with Gasteiger partial charge in [-0.25, -0.2) is 18.7 Å². The van der Waals surface area contributed by atoms with Crippen molar-refractivity contribution >= 4 is 16.9 Å². The largest absolute Gasteiger partial charge is 0.368 e. The Bertz CT molecular complexity index is 1370. The highest BCUT2D eigenvalue weighted by molar-refractivity contribution is 5.68. The Balaban J connectivity index is 1.17. The predicted octanol–water partition coefficient (Wildman–Crippen LogP) is 1.69. The van der Waals surface area contributed by atoms with E-state index in [4.69, 9.17) is 4.52 Å². The van der Waals surface area contributed by atoms with Crippen LogP contribution in [-0.4, -0.2) is 42.3 Å². The number of nitrogens with zero attached hydrogens (tertiary/aromatic N) is 7. The molecule has 1 aliphatic heterocycles. The molecule has 1 aliphatic carbocycles. The van der Waals surface area contributed by atoms with E-state index in [0.717, 1.165) is 6.07 Å². The van der Waals surface area contributed by atoms with Crippen LogP contribution in [-0.2, 0) is 13.6 Å². The first-order chi connectivity index (χ1) is 15.0.